The molecule has 0 fully saturated rings. The van der Waals surface area contributed by atoms with Crippen LogP contribution in [0.2, 0.25) is 0 Å². The molecular weight excluding hydrogens is 268 g/mol. The van der Waals surface area contributed by atoms with Gasteiger partial charge in [-0.3, -0.25) is 4.79 Å². The summed E-state index contributed by atoms with van der Waals surface area (Å²) in [6.45, 7) is 4.79. The number of benzene rings is 1. The molecule has 5 nitrogen and oxygen atoms in total. The van der Waals surface area contributed by atoms with Gasteiger partial charge in [-0.2, -0.15) is 0 Å². The van der Waals surface area contributed by atoms with Gasteiger partial charge in [0.1, 0.15) is 0 Å². The standard InChI is InChI=1S/C16H24N2O3/c1-12-5-3-7-14(11-12)8-10-18-16(21)17-9-4-6-13(2)15(19)20/h3,5,7,11,13H,4,6,8-10H2,1-2H3,(H,19,20)(H2,17,18,21). The van der Waals surface area contributed by atoms with Crippen LogP contribution in [-0.4, -0.2) is 30.2 Å². The molecule has 3 N–H and O–H groups in total. The number of carboxylic acids is 1. The maximum atomic E-state index is 11.5. The predicted octanol–water partition coefficient (Wildman–Crippen LogP) is 2.34. The van der Waals surface area contributed by atoms with Crippen molar-refractivity contribution in [1.29, 1.82) is 0 Å². The Kier molecular flexibility index (Phi) is 7.29. The topological polar surface area (TPSA) is 78.4 Å². The number of aliphatic carboxylic acids is 1. The fourth-order valence-electron chi connectivity index (χ4n) is 1.98. The van der Waals surface area contributed by atoms with Crippen LogP contribution in [0.1, 0.15) is 30.9 Å². The number of nitrogens with one attached hydrogen (secondary N) is 2. The van der Waals surface area contributed by atoms with Crippen LogP contribution in [0.4, 0.5) is 4.79 Å². The third-order valence-corrected chi connectivity index (χ3v) is 3.30. The highest BCUT2D eigenvalue weighted by Gasteiger charge is 2.09. The quantitative estimate of drug-likeness (QED) is 0.643. The van der Waals surface area contributed by atoms with Crippen molar-refractivity contribution in [2.24, 2.45) is 5.92 Å². The molecule has 0 aliphatic rings. The molecule has 1 atom stereocenters. The lowest BCUT2D eigenvalue weighted by Crippen LogP contribution is -2.37. The van der Waals surface area contributed by atoms with E-state index in [9.17, 15) is 9.59 Å². The van der Waals surface area contributed by atoms with Gasteiger partial charge in [0.15, 0.2) is 0 Å². The number of amides is 2. The van der Waals surface area contributed by atoms with Crippen LogP contribution in [0, 0.1) is 12.8 Å². The minimum absolute atomic E-state index is 0.203. The maximum Gasteiger partial charge on any atom is 0.314 e. The minimum Gasteiger partial charge on any atom is -0.481 e. The molecule has 0 spiro atoms. The molecule has 5 heteroatoms. The summed E-state index contributed by atoms with van der Waals surface area (Å²) in [5, 5.41) is 14.3. The van der Waals surface area contributed by atoms with Crippen LogP contribution in [0.25, 0.3) is 0 Å². The molecule has 0 saturated carbocycles. The van der Waals surface area contributed by atoms with Crippen LogP contribution in [0.3, 0.4) is 0 Å². The summed E-state index contributed by atoms with van der Waals surface area (Å²) in [4.78, 5) is 22.2. The summed E-state index contributed by atoms with van der Waals surface area (Å²) >= 11 is 0. The summed E-state index contributed by atoms with van der Waals surface area (Å²) < 4.78 is 0. The first-order valence-electron chi connectivity index (χ1n) is 7.29. The van der Waals surface area contributed by atoms with E-state index in [0.717, 1.165) is 6.42 Å². The Hall–Kier alpha value is -2.04. The molecule has 0 bridgehead atoms. The highest BCUT2D eigenvalue weighted by molar-refractivity contribution is 5.73. The Morgan fingerprint density at radius 2 is 1.95 bits per heavy atom. The van der Waals surface area contributed by atoms with Crippen LogP contribution >= 0.6 is 0 Å². The molecule has 0 aliphatic heterocycles. The van der Waals surface area contributed by atoms with Gasteiger partial charge in [-0.1, -0.05) is 36.8 Å². The summed E-state index contributed by atoms with van der Waals surface area (Å²) in [6.07, 6.45) is 2.03. The second-order valence-electron chi connectivity index (χ2n) is 5.30. The predicted molar refractivity (Wildman–Crippen MR) is 82.3 cm³/mol. The fraction of sp³-hybridized carbons (Fsp3) is 0.500. The van der Waals surface area contributed by atoms with Gasteiger partial charge < -0.3 is 15.7 Å². The smallest absolute Gasteiger partial charge is 0.314 e. The number of aryl methyl sites for hydroxylation is 1. The van der Waals surface area contributed by atoms with E-state index in [1.165, 1.54) is 11.1 Å². The summed E-state index contributed by atoms with van der Waals surface area (Å²) in [6, 6.07) is 7.99. The molecule has 0 aromatic heterocycles. The second kappa shape index (κ2) is 9.00. The van der Waals surface area contributed by atoms with Gasteiger partial charge in [0.25, 0.3) is 0 Å². The van der Waals surface area contributed by atoms with Gasteiger partial charge >= 0.3 is 12.0 Å². The van der Waals surface area contributed by atoms with Crippen molar-refractivity contribution in [3.05, 3.63) is 35.4 Å². The van der Waals surface area contributed by atoms with Gasteiger partial charge in [-0.25, -0.2) is 4.79 Å². The second-order valence-corrected chi connectivity index (χ2v) is 5.30. The normalized spacial score (nSPS) is 11.7. The van der Waals surface area contributed by atoms with Gasteiger partial charge in [0.05, 0.1) is 5.92 Å². The Morgan fingerprint density at radius 1 is 1.24 bits per heavy atom. The highest BCUT2D eigenvalue weighted by atomic mass is 16.4. The zero-order chi connectivity index (χ0) is 15.7. The minimum atomic E-state index is -0.794. The summed E-state index contributed by atoms with van der Waals surface area (Å²) in [5.41, 5.74) is 2.41. The van der Waals surface area contributed by atoms with Crippen LogP contribution in [-0.2, 0) is 11.2 Å². The molecule has 0 heterocycles. The molecule has 1 unspecified atom stereocenters. The molecule has 116 valence electrons. The van der Waals surface area contributed by atoms with Crippen molar-refractivity contribution < 1.29 is 14.7 Å². The molecule has 21 heavy (non-hydrogen) atoms. The zero-order valence-corrected chi connectivity index (χ0v) is 12.7. The number of urea groups is 1. The average Bonchev–Trinajstić information content (AvgIpc) is 2.43. The number of carbonyl (C=O) groups excluding carboxylic acids is 1. The van der Waals surface area contributed by atoms with E-state index >= 15 is 0 Å². The molecule has 0 radical (unpaired) electrons. The Balaban J connectivity index is 2.10. The van der Waals surface area contributed by atoms with E-state index in [0.29, 0.717) is 25.9 Å². The number of hydrogen-bond donors (Lipinski definition) is 3. The van der Waals surface area contributed by atoms with E-state index in [1.807, 2.05) is 25.1 Å². The number of rotatable bonds is 8. The lowest BCUT2D eigenvalue weighted by atomic mass is 10.1. The van der Waals surface area contributed by atoms with Gasteiger partial charge in [-0.05, 0) is 31.7 Å². The van der Waals surface area contributed by atoms with Gasteiger partial charge in [-0.15, -0.1) is 0 Å². The molecule has 2 amide bonds. The zero-order valence-electron chi connectivity index (χ0n) is 12.7. The summed E-state index contributed by atoms with van der Waals surface area (Å²) in [7, 11) is 0. The molecule has 0 saturated heterocycles. The van der Waals surface area contributed by atoms with Crippen LogP contribution in [0.5, 0.6) is 0 Å². The third-order valence-electron chi connectivity index (χ3n) is 3.30. The van der Waals surface area contributed by atoms with Gasteiger partial charge in [0.2, 0.25) is 0 Å². The largest absolute Gasteiger partial charge is 0.481 e. The monoisotopic (exact) mass is 292 g/mol. The van der Waals surface area contributed by atoms with Crippen molar-refractivity contribution in [2.75, 3.05) is 13.1 Å². The Morgan fingerprint density at radius 3 is 2.62 bits per heavy atom. The number of carboxylic acid groups (broad SMARTS) is 1. The van der Waals surface area contributed by atoms with Crippen molar-refractivity contribution in [3.8, 4) is 0 Å². The van der Waals surface area contributed by atoms with Crippen LogP contribution < -0.4 is 10.6 Å². The van der Waals surface area contributed by atoms with Crippen molar-refractivity contribution in [2.45, 2.75) is 33.1 Å². The van der Waals surface area contributed by atoms with Crippen molar-refractivity contribution >= 4 is 12.0 Å². The number of carbonyl (C=O) groups is 2. The lowest BCUT2D eigenvalue weighted by Gasteiger charge is -2.09. The average molecular weight is 292 g/mol. The molecular formula is C16H24N2O3. The van der Waals surface area contributed by atoms with E-state index in [1.54, 1.807) is 6.92 Å². The van der Waals surface area contributed by atoms with Crippen LogP contribution in [0.15, 0.2) is 24.3 Å². The number of hydrogen-bond acceptors (Lipinski definition) is 2. The fourth-order valence-corrected chi connectivity index (χ4v) is 1.98. The third kappa shape index (κ3) is 7.34. The first-order chi connectivity index (χ1) is 9.99. The van der Waals surface area contributed by atoms with Gasteiger partial charge in [0, 0.05) is 13.1 Å². The van der Waals surface area contributed by atoms with Crippen molar-refractivity contribution in [1.82, 2.24) is 10.6 Å². The van der Waals surface area contributed by atoms with Crippen molar-refractivity contribution in [3.63, 3.8) is 0 Å². The molecule has 1 aromatic rings. The van der Waals surface area contributed by atoms with E-state index in [2.05, 4.69) is 16.7 Å². The first-order valence-corrected chi connectivity index (χ1v) is 7.29. The molecule has 1 rings (SSSR count). The maximum absolute atomic E-state index is 11.5. The molecule has 1 aromatic carbocycles. The lowest BCUT2D eigenvalue weighted by molar-refractivity contribution is -0.141. The van der Waals surface area contributed by atoms with E-state index in [-0.39, 0.29) is 11.9 Å². The van der Waals surface area contributed by atoms with E-state index in [4.69, 9.17) is 5.11 Å². The Labute approximate surface area is 125 Å². The van der Waals surface area contributed by atoms with E-state index < -0.39 is 5.97 Å². The molecule has 0 aliphatic carbocycles. The summed E-state index contributed by atoms with van der Waals surface area (Å²) in [5.74, 6) is -1.16. The highest BCUT2D eigenvalue weighted by Crippen LogP contribution is 2.04. The SMILES string of the molecule is Cc1cccc(CCNC(=O)NCCCC(C)C(=O)O)c1. The Bertz CT molecular complexity index is 474. The first kappa shape index (κ1) is 17.0.